The minimum atomic E-state index is -0.790. The number of amides is 1. The first-order chi connectivity index (χ1) is 8.48. The summed E-state index contributed by atoms with van der Waals surface area (Å²) >= 11 is 0. The third kappa shape index (κ3) is 2.96. The fourth-order valence-corrected chi connectivity index (χ4v) is 2.34. The SMILES string of the molecule is NC(=O)c1ccc(CC2(O)CCC(=O)CC2)cc1. The van der Waals surface area contributed by atoms with Gasteiger partial charge < -0.3 is 10.8 Å². The van der Waals surface area contributed by atoms with Crippen molar-refractivity contribution in [2.45, 2.75) is 37.7 Å². The molecule has 1 amide bonds. The van der Waals surface area contributed by atoms with Crippen LogP contribution in [-0.2, 0) is 11.2 Å². The molecule has 4 heteroatoms. The van der Waals surface area contributed by atoms with Crippen LogP contribution in [0.3, 0.4) is 0 Å². The highest BCUT2D eigenvalue weighted by atomic mass is 16.3. The molecule has 0 radical (unpaired) electrons. The Hall–Kier alpha value is -1.68. The highest BCUT2D eigenvalue weighted by Gasteiger charge is 2.32. The van der Waals surface area contributed by atoms with E-state index in [9.17, 15) is 14.7 Å². The number of hydrogen-bond acceptors (Lipinski definition) is 3. The summed E-state index contributed by atoms with van der Waals surface area (Å²) in [5.41, 5.74) is 5.79. The predicted molar refractivity (Wildman–Crippen MR) is 67.1 cm³/mol. The number of hydrogen-bond donors (Lipinski definition) is 2. The van der Waals surface area contributed by atoms with Crippen molar-refractivity contribution in [3.8, 4) is 0 Å². The molecule has 0 unspecified atom stereocenters. The lowest BCUT2D eigenvalue weighted by Gasteiger charge is -2.31. The Morgan fingerprint density at radius 3 is 2.28 bits per heavy atom. The number of Topliss-reactive ketones (excluding diaryl/α,β-unsaturated/α-hetero) is 1. The van der Waals surface area contributed by atoms with Crippen molar-refractivity contribution < 1.29 is 14.7 Å². The average Bonchev–Trinajstić information content (AvgIpc) is 2.34. The molecule has 1 aromatic rings. The second-order valence-corrected chi connectivity index (χ2v) is 5.00. The lowest BCUT2D eigenvalue weighted by Crippen LogP contribution is -2.36. The molecule has 18 heavy (non-hydrogen) atoms. The minimum absolute atomic E-state index is 0.226. The van der Waals surface area contributed by atoms with Crippen molar-refractivity contribution >= 4 is 11.7 Å². The number of benzene rings is 1. The van der Waals surface area contributed by atoms with Crippen molar-refractivity contribution in [1.29, 1.82) is 0 Å². The summed E-state index contributed by atoms with van der Waals surface area (Å²) in [6.07, 6.45) is 2.46. The van der Waals surface area contributed by atoms with Crippen LogP contribution < -0.4 is 5.73 Å². The van der Waals surface area contributed by atoms with E-state index in [1.165, 1.54) is 0 Å². The van der Waals surface area contributed by atoms with Gasteiger partial charge in [-0.25, -0.2) is 0 Å². The Morgan fingerprint density at radius 2 is 1.78 bits per heavy atom. The second kappa shape index (κ2) is 4.90. The van der Waals surface area contributed by atoms with Gasteiger partial charge >= 0.3 is 0 Å². The normalized spacial score (nSPS) is 18.6. The molecule has 0 bridgehead atoms. The lowest BCUT2D eigenvalue weighted by atomic mass is 9.80. The van der Waals surface area contributed by atoms with E-state index in [2.05, 4.69) is 0 Å². The molecule has 96 valence electrons. The average molecular weight is 247 g/mol. The van der Waals surface area contributed by atoms with Crippen LogP contribution in [0.15, 0.2) is 24.3 Å². The predicted octanol–water partition coefficient (Wildman–Crippen LogP) is 1.20. The summed E-state index contributed by atoms with van der Waals surface area (Å²) < 4.78 is 0. The van der Waals surface area contributed by atoms with Crippen LogP contribution in [-0.4, -0.2) is 22.4 Å². The summed E-state index contributed by atoms with van der Waals surface area (Å²) in [5, 5.41) is 10.4. The molecule has 0 saturated heterocycles. The van der Waals surface area contributed by atoms with E-state index in [0.29, 0.717) is 37.7 Å². The summed E-state index contributed by atoms with van der Waals surface area (Å²) in [6.45, 7) is 0. The van der Waals surface area contributed by atoms with Crippen molar-refractivity contribution in [3.63, 3.8) is 0 Å². The van der Waals surface area contributed by atoms with Crippen LogP contribution in [0.1, 0.15) is 41.6 Å². The Balaban J connectivity index is 2.04. The van der Waals surface area contributed by atoms with E-state index in [1.54, 1.807) is 24.3 Å². The van der Waals surface area contributed by atoms with Gasteiger partial charge in [-0.05, 0) is 30.5 Å². The van der Waals surface area contributed by atoms with Gasteiger partial charge in [-0.2, -0.15) is 0 Å². The Labute approximate surface area is 106 Å². The molecule has 0 heterocycles. The molecule has 4 nitrogen and oxygen atoms in total. The molecular formula is C14H17NO3. The summed E-state index contributed by atoms with van der Waals surface area (Å²) in [7, 11) is 0. The lowest BCUT2D eigenvalue weighted by molar-refractivity contribution is -0.125. The first-order valence-electron chi connectivity index (χ1n) is 6.11. The Kier molecular flexibility index (Phi) is 3.48. The molecular weight excluding hydrogens is 230 g/mol. The number of primary amides is 1. The van der Waals surface area contributed by atoms with E-state index in [1.807, 2.05) is 0 Å². The van der Waals surface area contributed by atoms with Gasteiger partial charge in [0.15, 0.2) is 0 Å². The standard InChI is InChI=1S/C14H17NO3/c15-13(17)11-3-1-10(2-4-11)9-14(18)7-5-12(16)6-8-14/h1-4,18H,5-9H2,(H2,15,17). The van der Waals surface area contributed by atoms with Gasteiger partial charge in [0.05, 0.1) is 5.60 Å². The zero-order chi connectivity index (χ0) is 13.2. The second-order valence-electron chi connectivity index (χ2n) is 5.00. The summed E-state index contributed by atoms with van der Waals surface area (Å²) in [4.78, 5) is 22.1. The van der Waals surface area contributed by atoms with Gasteiger partial charge in [0.2, 0.25) is 5.91 Å². The molecule has 3 N–H and O–H groups in total. The van der Waals surface area contributed by atoms with E-state index in [4.69, 9.17) is 5.73 Å². The first-order valence-corrected chi connectivity index (χ1v) is 6.11. The number of aliphatic hydroxyl groups is 1. The molecule has 1 fully saturated rings. The molecule has 1 aliphatic carbocycles. The number of ketones is 1. The number of carbonyl (C=O) groups excluding carboxylic acids is 2. The zero-order valence-electron chi connectivity index (χ0n) is 10.2. The summed E-state index contributed by atoms with van der Waals surface area (Å²) in [6, 6.07) is 6.92. The van der Waals surface area contributed by atoms with Crippen LogP contribution in [0.4, 0.5) is 0 Å². The van der Waals surface area contributed by atoms with E-state index in [0.717, 1.165) is 5.56 Å². The maximum absolute atomic E-state index is 11.2. The molecule has 2 rings (SSSR count). The number of nitrogens with two attached hydrogens (primary N) is 1. The van der Waals surface area contributed by atoms with Crippen LogP contribution in [0.25, 0.3) is 0 Å². The van der Waals surface area contributed by atoms with Crippen LogP contribution >= 0.6 is 0 Å². The van der Waals surface area contributed by atoms with Crippen molar-refractivity contribution in [2.24, 2.45) is 5.73 Å². The largest absolute Gasteiger partial charge is 0.390 e. The van der Waals surface area contributed by atoms with E-state index >= 15 is 0 Å². The first kappa shape index (κ1) is 12.8. The molecule has 0 atom stereocenters. The van der Waals surface area contributed by atoms with E-state index in [-0.39, 0.29) is 5.78 Å². The molecule has 0 aliphatic heterocycles. The molecule has 0 spiro atoms. The molecule has 0 aromatic heterocycles. The monoisotopic (exact) mass is 247 g/mol. The van der Waals surface area contributed by atoms with Gasteiger partial charge in [-0.15, -0.1) is 0 Å². The van der Waals surface area contributed by atoms with Gasteiger partial charge in [0.1, 0.15) is 5.78 Å². The van der Waals surface area contributed by atoms with Crippen molar-refractivity contribution in [3.05, 3.63) is 35.4 Å². The van der Waals surface area contributed by atoms with Gasteiger partial charge in [-0.3, -0.25) is 9.59 Å². The fourth-order valence-electron chi connectivity index (χ4n) is 2.34. The maximum Gasteiger partial charge on any atom is 0.248 e. The van der Waals surface area contributed by atoms with Crippen LogP contribution in [0.5, 0.6) is 0 Å². The number of rotatable bonds is 3. The van der Waals surface area contributed by atoms with Gasteiger partial charge in [0, 0.05) is 24.8 Å². The molecule has 1 saturated carbocycles. The Bertz CT molecular complexity index is 454. The van der Waals surface area contributed by atoms with Gasteiger partial charge in [-0.1, -0.05) is 12.1 Å². The topological polar surface area (TPSA) is 80.4 Å². The maximum atomic E-state index is 11.2. The minimum Gasteiger partial charge on any atom is -0.390 e. The molecule has 1 aliphatic rings. The van der Waals surface area contributed by atoms with Crippen LogP contribution in [0.2, 0.25) is 0 Å². The van der Waals surface area contributed by atoms with Crippen molar-refractivity contribution in [2.75, 3.05) is 0 Å². The molecule has 1 aromatic carbocycles. The van der Waals surface area contributed by atoms with Gasteiger partial charge in [0.25, 0.3) is 0 Å². The summed E-state index contributed by atoms with van der Waals surface area (Å²) in [5.74, 6) is -0.229. The third-order valence-electron chi connectivity index (χ3n) is 3.51. The van der Waals surface area contributed by atoms with E-state index < -0.39 is 11.5 Å². The highest BCUT2D eigenvalue weighted by Crippen LogP contribution is 2.29. The van der Waals surface area contributed by atoms with Crippen LogP contribution in [0, 0.1) is 0 Å². The quantitative estimate of drug-likeness (QED) is 0.842. The van der Waals surface area contributed by atoms with Crippen molar-refractivity contribution in [1.82, 2.24) is 0 Å². The smallest absolute Gasteiger partial charge is 0.248 e. The third-order valence-corrected chi connectivity index (χ3v) is 3.51. The zero-order valence-corrected chi connectivity index (χ0v) is 10.2. The highest BCUT2D eigenvalue weighted by molar-refractivity contribution is 5.92. The fraction of sp³-hybridized carbons (Fsp3) is 0.429. The number of carbonyl (C=O) groups is 2. The Morgan fingerprint density at radius 1 is 1.22 bits per heavy atom.